The van der Waals surface area contributed by atoms with Crippen molar-refractivity contribution >= 4 is 24.2 Å². The molecule has 0 radical (unpaired) electrons. The monoisotopic (exact) mass is 381 g/mol. The van der Waals surface area contributed by atoms with Gasteiger partial charge in [0.05, 0.1) is 0 Å². The van der Waals surface area contributed by atoms with Crippen molar-refractivity contribution in [3.8, 4) is 0 Å². The van der Waals surface area contributed by atoms with Gasteiger partial charge in [0, 0.05) is 22.3 Å². The molecule has 3 aromatic carbocycles. The number of fused-ring (bicyclic) bond motifs is 2. The first-order valence-corrected chi connectivity index (χ1v) is 9.71. The molecule has 26 heavy (non-hydrogen) atoms. The lowest BCUT2D eigenvalue weighted by Gasteiger charge is -2.29. The zero-order chi connectivity index (χ0) is 17.1. The average Bonchev–Trinajstić information content (AvgIpc) is 2.66. The second-order valence-corrected chi connectivity index (χ2v) is 7.83. The van der Waals surface area contributed by atoms with Crippen molar-refractivity contribution in [2.24, 2.45) is 0 Å². The summed E-state index contributed by atoms with van der Waals surface area (Å²) in [6.07, 6.45) is 1.15. The Hall–Kier alpha value is -1.74. The van der Waals surface area contributed by atoms with Crippen molar-refractivity contribution in [2.75, 3.05) is 13.6 Å². The molecule has 0 atom stereocenters. The predicted octanol–water partition coefficient (Wildman–Crippen LogP) is 6.23. The fourth-order valence-electron chi connectivity index (χ4n) is 3.64. The molecule has 1 aliphatic heterocycles. The first-order valence-electron chi connectivity index (χ1n) is 8.89. The van der Waals surface area contributed by atoms with Crippen LogP contribution in [0.5, 0.6) is 0 Å². The smallest absolute Gasteiger partial charge is 0.0230 e. The quantitative estimate of drug-likeness (QED) is 0.515. The highest BCUT2D eigenvalue weighted by atomic mass is 35.5. The van der Waals surface area contributed by atoms with Crippen LogP contribution in [0.1, 0.15) is 29.0 Å². The molecule has 1 nitrogen and oxygen atoms in total. The molecule has 0 aromatic heterocycles. The Morgan fingerprint density at radius 3 is 1.92 bits per heavy atom. The lowest BCUT2D eigenvalue weighted by atomic mass is 9.88. The molecule has 0 bridgehead atoms. The number of halogens is 1. The third kappa shape index (κ3) is 4.15. The maximum Gasteiger partial charge on any atom is 0.0230 e. The molecule has 4 rings (SSSR count). The van der Waals surface area contributed by atoms with Crippen LogP contribution in [0.15, 0.2) is 88.7 Å². The summed E-state index contributed by atoms with van der Waals surface area (Å²) in [4.78, 5) is 5.26. The summed E-state index contributed by atoms with van der Waals surface area (Å²) in [7, 11) is 2.22. The third-order valence-corrected chi connectivity index (χ3v) is 6.09. The maximum atomic E-state index is 2.43. The molecular weight excluding hydrogens is 358 g/mol. The molecule has 0 saturated carbocycles. The number of hydrogen-bond acceptors (Lipinski definition) is 2. The number of rotatable bonds is 5. The molecule has 0 fully saturated rings. The summed E-state index contributed by atoms with van der Waals surface area (Å²) in [6, 6.07) is 28.5. The summed E-state index contributed by atoms with van der Waals surface area (Å²) in [6.45, 7) is 2.10. The second-order valence-electron chi connectivity index (χ2n) is 6.74. The molecule has 0 aliphatic carbocycles. The molecule has 0 unspecified atom stereocenters. The fraction of sp³-hybridized carbons (Fsp3) is 0.217. The Morgan fingerprint density at radius 2 is 1.31 bits per heavy atom. The lowest BCUT2D eigenvalue weighted by Crippen LogP contribution is -2.22. The van der Waals surface area contributed by atoms with Crippen molar-refractivity contribution in [3.63, 3.8) is 0 Å². The van der Waals surface area contributed by atoms with Crippen LogP contribution in [-0.4, -0.2) is 18.5 Å². The van der Waals surface area contributed by atoms with Crippen molar-refractivity contribution in [3.05, 3.63) is 95.6 Å². The minimum absolute atomic E-state index is 0. The van der Waals surface area contributed by atoms with Crippen molar-refractivity contribution in [1.82, 2.24) is 4.90 Å². The van der Waals surface area contributed by atoms with Crippen LogP contribution < -0.4 is 0 Å². The number of nitrogens with zero attached hydrogens (tertiary/aromatic N) is 1. The first-order chi connectivity index (χ1) is 12.3. The van der Waals surface area contributed by atoms with E-state index >= 15 is 0 Å². The van der Waals surface area contributed by atoms with Gasteiger partial charge in [-0.15, -0.1) is 12.4 Å². The maximum absolute atomic E-state index is 2.43. The van der Waals surface area contributed by atoms with Crippen molar-refractivity contribution in [2.45, 2.75) is 28.7 Å². The van der Waals surface area contributed by atoms with Gasteiger partial charge in [0.25, 0.3) is 0 Å². The molecule has 0 amide bonds. The van der Waals surface area contributed by atoms with Crippen LogP contribution in [0, 0.1) is 0 Å². The van der Waals surface area contributed by atoms with E-state index in [1.165, 1.54) is 26.5 Å². The van der Waals surface area contributed by atoms with E-state index in [0.29, 0.717) is 5.92 Å². The first kappa shape index (κ1) is 19.0. The molecule has 3 heteroatoms. The highest BCUT2D eigenvalue weighted by Gasteiger charge is 2.25. The Labute approximate surface area is 166 Å². The van der Waals surface area contributed by atoms with Crippen LogP contribution >= 0.6 is 24.2 Å². The van der Waals surface area contributed by atoms with Gasteiger partial charge in [0.2, 0.25) is 0 Å². The second kappa shape index (κ2) is 8.77. The Kier molecular flexibility index (Phi) is 6.42. The van der Waals surface area contributed by atoms with E-state index in [-0.39, 0.29) is 12.4 Å². The topological polar surface area (TPSA) is 3.24 Å². The highest BCUT2D eigenvalue weighted by molar-refractivity contribution is 7.99. The van der Waals surface area contributed by atoms with E-state index < -0.39 is 0 Å². The summed E-state index contributed by atoms with van der Waals surface area (Å²) >= 11 is 1.91. The zero-order valence-electron chi connectivity index (χ0n) is 15.0. The highest BCUT2D eigenvalue weighted by Crippen LogP contribution is 2.46. The van der Waals surface area contributed by atoms with E-state index in [1.807, 2.05) is 11.8 Å². The number of hydrogen-bond donors (Lipinski definition) is 0. The van der Waals surface area contributed by atoms with Crippen LogP contribution in [0.25, 0.3) is 0 Å². The third-order valence-electron chi connectivity index (χ3n) is 4.90. The predicted molar refractivity (Wildman–Crippen MR) is 113 cm³/mol. The minimum atomic E-state index is 0. The van der Waals surface area contributed by atoms with Gasteiger partial charge in [-0.05, 0) is 48.8 Å². The number of benzene rings is 3. The normalized spacial score (nSPS) is 13.0. The van der Waals surface area contributed by atoms with Gasteiger partial charge in [-0.2, -0.15) is 0 Å². The zero-order valence-corrected chi connectivity index (χ0v) is 16.6. The Morgan fingerprint density at radius 1 is 0.769 bits per heavy atom. The standard InChI is InChI=1S/C23H23NS.ClH/c1-24(17-18-9-3-2-4-10-18)16-15-19-20-11-5-7-13-22(20)25-23-14-8-6-12-21(19)23;/h2-14,19H,15-17H2,1H3;1H. The Bertz CT molecular complexity index is 804. The largest absolute Gasteiger partial charge is 0.302 e. The van der Waals surface area contributed by atoms with E-state index in [2.05, 4.69) is 90.8 Å². The van der Waals surface area contributed by atoms with Gasteiger partial charge in [-0.1, -0.05) is 78.5 Å². The van der Waals surface area contributed by atoms with E-state index in [1.54, 1.807) is 0 Å². The molecule has 134 valence electrons. The Balaban J connectivity index is 0.00000196. The van der Waals surface area contributed by atoms with E-state index in [9.17, 15) is 0 Å². The lowest BCUT2D eigenvalue weighted by molar-refractivity contribution is 0.315. The molecule has 3 aromatic rings. The van der Waals surface area contributed by atoms with Crippen LogP contribution in [0.2, 0.25) is 0 Å². The van der Waals surface area contributed by atoms with Gasteiger partial charge in [0.1, 0.15) is 0 Å². The SMILES string of the molecule is CN(CCC1c2ccccc2Sc2ccccc21)Cc1ccccc1.Cl. The minimum Gasteiger partial charge on any atom is -0.302 e. The molecule has 1 heterocycles. The summed E-state index contributed by atoms with van der Waals surface area (Å²) in [5.41, 5.74) is 4.35. The van der Waals surface area contributed by atoms with Gasteiger partial charge in [-0.3, -0.25) is 0 Å². The molecular formula is C23H24ClNS. The van der Waals surface area contributed by atoms with Gasteiger partial charge >= 0.3 is 0 Å². The average molecular weight is 382 g/mol. The van der Waals surface area contributed by atoms with Crippen LogP contribution in [-0.2, 0) is 6.54 Å². The van der Waals surface area contributed by atoms with Crippen molar-refractivity contribution < 1.29 is 0 Å². The van der Waals surface area contributed by atoms with E-state index in [4.69, 9.17) is 0 Å². The molecule has 0 saturated heterocycles. The molecule has 0 spiro atoms. The summed E-state index contributed by atoms with van der Waals surface area (Å²) in [5.74, 6) is 0.492. The summed E-state index contributed by atoms with van der Waals surface area (Å²) in [5, 5.41) is 0. The van der Waals surface area contributed by atoms with Gasteiger partial charge in [0.15, 0.2) is 0 Å². The molecule has 1 aliphatic rings. The van der Waals surface area contributed by atoms with Gasteiger partial charge < -0.3 is 4.90 Å². The van der Waals surface area contributed by atoms with Crippen LogP contribution in [0.3, 0.4) is 0 Å². The fourth-order valence-corrected chi connectivity index (χ4v) is 4.83. The van der Waals surface area contributed by atoms with E-state index in [0.717, 1.165) is 19.5 Å². The summed E-state index contributed by atoms with van der Waals surface area (Å²) < 4.78 is 0. The van der Waals surface area contributed by atoms with Crippen molar-refractivity contribution in [1.29, 1.82) is 0 Å². The van der Waals surface area contributed by atoms with Crippen LogP contribution in [0.4, 0.5) is 0 Å². The molecule has 0 N–H and O–H groups in total. The van der Waals surface area contributed by atoms with Gasteiger partial charge in [-0.25, -0.2) is 0 Å².